The van der Waals surface area contributed by atoms with Crippen LogP contribution in [0.15, 0.2) is 0 Å². The highest BCUT2D eigenvalue weighted by atomic mass is 32.2. The van der Waals surface area contributed by atoms with Crippen LogP contribution in [0.5, 0.6) is 0 Å². The highest BCUT2D eigenvalue weighted by Gasteiger charge is 2.39. The average Bonchev–Trinajstić information content (AvgIpc) is 2.88. The van der Waals surface area contributed by atoms with Crippen LogP contribution in [0, 0.1) is 0 Å². The number of hydrogen-bond donors (Lipinski definition) is 2. The van der Waals surface area contributed by atoms with Gasteiger partial charge in [0, 0.05) is 0 Å². The van der Waals surface area contributed by atoms with Gasteiger partial charge in [0.15, 0.2) is 9.84 Å². The Morgan fingerprint density at radius 2 is 0.641 bits per heavy atom. The maximum atomic E-state index is 13.2. The monoisotopic (exact) mass is 606 g/mol. The maximum Gasteiger partial charge on any atom is 0.204 e. The molecular weight excluding hydrogens is 545 g/mol. The lowest BCUT2D eigenvalue weighted by Crippen LogP contribution is -2.39. The molecule has 0 spiro atoms. The normalized spacial score (nSPS) is 13.4. The molecule has 0 rings (SSSR count). The van der Waals surface area contributed by atoms with E-state index in [-0.39, 0.29) is 12.8 Å². The van der Waals surface area contributed by atoms with Crippen LogP contribution in [0.3, 0.4) is 0 Å². The molecule has 0 amide bonds. The van der Waals surface area contributed by atoms with Gasteiger partial charge in [0.2, 0.25) is 10.2 Å². The molecule has 7 heteroatoms. The quantitative estimate of drug-likeness (QED) is 0.0630. The van der Waals surface area contributed by atoms with Gasteiger partial charge in [-0.2, -0.15) is 0 Å². The van der Waals surface area contributed by atoms with Gasteiger partial charge in [-0.3, -0.25) is 9.59 Å². The molecule has 2 unspecified atom stereocenters. The van der Waals surface area contributed by atoms with E-state index in [1.165, 1.54) is 103 Å². The fourth-order valence-electron chi connectivity index (χ4n) is 5.40. The molecule has 0 saturated heterocycles. The van der Waals surface area contributed by atoms with Gasteiger partial charge >= 0.3 is 0 Å². The second-order valence-corrected chi connectivity index (χ2v) is 14.8. The lowest BCUT2D eigenvalue weighted by Gasteiger charge is -2.20. The summed E-state index contributed by atoms with van der Waals surface area (Å²) in [5, 5.41) is -3.70. The molecule has 0 aliphatic heterocycles. The first-order valence-corrected chi connectivity index (χ1v) is 19.0. The predicted octanol–water partition coefficient (Wildman–Crippen LogP) is 10.2. The summed E-state index contributed by atoms with van der Waals surface area (Å²) in [6, 6.07) is 0. The van der Waals surface area contributed by atoms with E-state index in [1.807, 2.05) is 0 Å². The summed E-state index contributed by atoms with van der Waals surface area (Å²) in [7, 11) is -3.94. The van der Waals surface area contributed by atoms with E-state index in [2.05, 4.69) is 39.1 Å². The van der Waals surface area contributed by atoms with Crippen LogP contribution in [-0.2, 0) is 19.4 Å². The highest BCUT2D eigenvalue weighted by molar-refractivity contribution is 8.04. The molecule has 0 N–H and O–H groups in total. The zero-order chi connectivity index (χ0) is 29.2. The van der Waals surface area contributed by atoms with Crippen LogP contribution >= 0.6 is 25.3 Å². The molecular formula is C32H62O4S3. The molecule has 0 bridgehead atoms. The second kappa shape index (κ2) is 26.9. The van der Waals surface area contributed by atoms with E-state index in [0.29, 0.717) is 12.8 Å². The molecule has 4 nitrogen and oxygen atoms in total. The van der Waals surface area contributed by atoms with Crippen molar-refractivity contribution in [3.05, 3.63) is 0 Å². The molecule has 0 aliphatic rings. The van der Waals surface area contributed by atoms with Crippen molar-refractivity contribution in [3.8, 4) is 0 Å². The Balaban J connectivity index is 4.22. The molecule has 2 atom stereocenters. The molecule has 0 radical (unpaired) electrons. The molecule has 39 heavy (non-hydrogen) atoms. The van der Waals surface area contributed by atoms with Crippen LogP contribution in [0.1, 0.15) is 181 Å². The Morgan fingerprint density at radius 3 is 0.846 bits per heavy atom. The molecule has 232 valence electrons. The third-order valence-corrected chi connectivity index (χ3v) is 11.4. The van der Waals surface area contributed by atoms with E-state index < -0.39 is 30.6 Å². The molecule has 0 saturated carbocycles. The summed E-state index contributed by atoms with van der Waals surface area (Å²) in [6.45, 7) is 4.48. The van der Waals surface area contributed by atoms with Crippen molar-refractivity contribution in [3.63, 3.8) is 0 Å². The van der Waals surface area contributed by atoms with Crippen molar-refractivity contribution < 1.29 is 18.0 Å². The van der Waals surface area contributed by atoms with Gasteiger partial charge in [0.05, 0.1) is 0 Å². The number of carbonyl (C=O) groups excluding carboxylic acids is 2. The smallest absolute Gasteiger partial charge is 0.204 e. The van der Waals surface area contributed by atoms with Crippen LogP contribution in [-0.4, -0.2) is 29.1 Å². The minimum Gasteiger partial charge on any atom is -0.286 e. The lowest BCUT2D eigenvalue weighted by molar-refractivity contribution is -0.110. The molecule has 0 fully saturated rings. The summed E-state index contributed by atoms with van der Waals surface area (Å²) in [4.78, 5) is 24.3. The van der Waals surface area contributed by atoms with Gasteiger partial charge < -0.3 is 0 Å². The Labute approximate surface area is 253 Å². The first kappa shape index (κ1) is 39.0. The molecule has 0 aromatic heterocycles. The van der Waals surface area contributed by atoms with Crippen molar-refractivity contribution >= 4 is 45.3 Å². The van der Waals surface area contributed by atoms with Gasteiger partial charge in [-0.05, 0) is 12.8 Å². The third kappa shape index (κ3) is 21.4. The van der Waals surface area contributed by atoms with E-state index in [1.54, 1.807) is 0 Å². The van der Waals surface area contributed by atoms with Crippen molar-refractivity contribution in [2.75, 3.05) is 0 Å². The largest absolute Gasteiger partial charge is 0.286 e. The zero-order valence-electron chi connectivity index (χ0n) is 25.5. The second-order valence-electron chi connectivity index (χ2n) is 11.6. The average molecular weight is 607 g/mol. The van der Waals surface area contributed by atoms with Gasteiger partial charge in [-0.1, -0.05) is 168 Å². The van der Waals surface area contributed by atoms with Crippen molar-refractivity contribution in [1.29, 1.82) is 0 Å². The molecule has 0 heterocycles. The number of carbonyl (C=O) groups is 2. The van der Waals surface area contributed by atoms with Crippen LogP contribution < -0.4 is 0 Å². The minimum atomic E-state index is -3.94. The Morgan fingerprint density at radius 1 is 0.436 bits per heavy atom. The van der Waals surface area contributed by atoms with Gasteiger partial charge in [-0.15, -0.1) is 25.3 Å². The van der Waals surface area contributed by atoms with Gasteiger partial charge in [0.1, 0.15) is 10.5 Å². The zero-order valence-corrected chi connectivity index (χ0v) is 28.1. The molecule has 0 aromatic carbocycles. The van der Waals surface area contributed by atoms with E-state index in [9.17, 15) is 18.0 Å². The lowest BCUT2D eigenvalue weighted by atomic mass is 10.0. The standard InChI is InChI=1S/C32H62O4S3/c1-3-5-7-9-11-13-15-17-19-21-23-25-27-29(31(33)37)39(35,36)30(32(34)38)28-26-24-22-20-18-16-14-12-10-8-6-4-2/h29-30H,3-28H2,1-2H3,(H,33,37)(H,34,38). The Bertz CT molecular complexity index is 642. The fourth-order valence-corrected chi connectivity index (χ4v) is 8.49. The topological polar surface area (TPSA) is 68.3 Å². The first-order chi connectivity index (χ1) is 18.8. The van der Waals surface area contributed by atoms with Crippen molar-refractivity contribution in [2.45, 2.75) is 191 Å². The SMILES string of the molecule is CCCCCCCCCCCCCCC(C(=O)S)S(=O)(=O)C(CCCCCCCCCCCCCC)C(=O)S. The number of rotatable bonds is 30. The molecule has 0 aliphatic carbocycles. The van der Waals surface area contributed by atoms with Crippen LogP contribution in [0.4, 0.5) is 0 Å². The summed E-state index contributed by atoms with van der Waals surface area (Å²) < 4.78 is 26.5. The summed E-state index contributed by atoms with van der Waals surface area (Å²) >= 11 is 7.79. The fraction of sp³-hybridized carbons (Fsp3) is 0.938. The van der Waals surface area contributed by atoms with Gasteiger partial charge in [-0.25, -0.2) is 8.42 Å². The van der Waals surface area contributed by atoms with Crippen molar-refractivity contribution in [1.82, 2.24) is 0 Å². The number of sulfone groups is 1. The highest BCUT2D eigenvalue weighted by Crippen LogP contribution is 2.25. The Kier molecular flexibility index (Phi) is 26.9. The summed E-state index contributed by atoms with van der Waals surface area (Å²) in [6.07, 6.45) is 28.9. The van der Waals surface area contributed by atoms with E-state index in [0.717, 1.165) is 38.5 Å². The third-order valence-electron chi connectivity index (χ3n) is 7.98. The Hall–Kier alpha value is -0.0100. The maximum absolute atomic E-state index is 13.2. The van der Waals surface area contributed by atoms with Crippen LogP contribution in [0.2, 0.25) is 0 Å². The summed E-state index contributed by atoms with van der Waals surface area (Å²) in [5.74, 6) is 0. The summed E-state index contributed by atoms with van der Waals surface area (Å²) in [5.41, 5.74) is 0. The number of hydrogen-bond acceptors (Lipinski definition) is 4. The van der Waals surface area contributed by atoms with E-state index >= 15 is 0 Å². The molecule has 0 aromatic rings. The first-order valence-electron chi connectivity index (χ1n) is 16.5. The van der Waals surface area contributed by atoms with Gasteiger partial charge in [0.25, 0.3) is 0 Å². The number of thiol groups is 2. The van der Waals surface area contributed by atoms with Crippen molar-refractivity contribution in [2.24, 2.45) is 0 Å². The number of unbranched alkanes of at least 4 members (excludes halogenated alkanes) is 22. The van der Waals surface area contributed by atoms with Crippen LogP contribution in [0.25, 0.3) is 0 Å². The minimum absolute atomic E-state index is 0.248. The predicted molar refractivity (Wildman–Crippen MR) is 176 cm³/mol. The van der Waals surface area contributed by atoms with E-state index in [4.69, 9.17) is 0 Å².